The SMILES string of the molecule is Cc1ccc(C(=O)NCc2ccc(OCC(F)(F)F)cc2)c(O)c1. The molecule has 0 bridgehead atoms. The Bertz CT molecular complexity index is 712. The van der Waals surface area contributed by atoms with Gasteiger partial charge in [-0.1, -0.05) is 18.2 Å². The van der Waals surface area contributed by atoms with Crippen molar-refractivity contribution in [3.05, 3.63) is 59.2 Å². The predicted molar refractivity (Wildman–Crippen MR) is 82.0 cm³/mol. The van der Waals surface area contributed by atoms with Crippen LogP contribution in [0, 0.1) is 6.92 Å². The summed E-state index contributed by atoms with van der Waals surface area (Å²) in [5, 5.41) is 12.4. The molecule has 0 saturated heterocycles. The van der Waals surface area contributed by atoms with E-state index in [1.165, 1.54) is 24.3 Å². The number of benzene rings is 2. The fourth-order valence-electron chi connectivity index (χ4n) is 1.98. The lowest BCUT2D eigenvalue weighted by molar-refractivity contribution is -0.153. The second kappa shape index (κ2) is 7.25. The number of hydrogen-bond donors (Lipinski definition) is 2. The van der Waals surface area contributed by atoms with E-state index in [4.69, 9.17) is 0 Å². The van der Waals surface area contributed by atoms with Crippen molar-refractivity contribution in [1.29, 1.82) is 0 Å². The number of phenolic OH excluding ortho intramolecular Hbond substituents is 1. The number of carbonyl (C=O) groups excluding carboxylic acids is 1. The lowest BCUT2D eigenvalue weighted by Gasteiger charge is -2.10. The topological polar surface area (TPSA) is 58.6 Å². The van der Waals surface area contributed by atoms with Gasteiger partial charge in [-0.3, -0.25) is 4.79 Å². The molecule has 0 atom stereocenters. The largest absolute Gasteiger partial charge is 0.507 e. The van der Waals surface area contributed by atoms with Crippen molar-refractivity contribution >= 4 is 5.91 Å². The van der Waals surface area contributed by atoms with Crippen LogP contribution in [0.4, 0.5) is 13.2 Å². The average Bonchev–Trinajstić information content (AvgIpc) is 2.51. The molecule has 128 valence electrons. The molecule has 1 amide bonds. The van der Waals surface area contributed by atoms with E-state index in [1.54, 1.807) is 25.1 Å². The Labute approximate surface area is 136 Å². The van der Waals surface area contributed by atoms with Crippen LogP contribution in [0.1, 0.15) is 21.5 Å². The number of rotatable bonds is 5. The zero-order chi connectivity index (χ0) is 17.7. The van der Waals surface area contributed by atoms with E-state index in [9.17, 15) is 23.1 Å². The zero-order valence-corrected chi connectivity index (χ0v) is 12.9. The molecule has 0 aliphatic rings. The van der Waals surface area contributed by atoms with E-state index < -0.39 is 18.7 Å². The number of phenols is 1. The lowest BCUT2D eigenvalue weighted by atomic mass is 10.1. The summed E-state index contributed by atoms with van der Waals surface area (Å²) in [6, 6.07) is 10.6. The first-order chi connectivity index (χ1) is 11.2. The second-order valence-electron chi connectivity index (χ2n) is 5.25. The maximum absolute atomic E-state index is 12.1. The fraction of sp³-hybridized carbons (Fsp3) is 0.235. The molecule has 0 heterocycles. The number of aryl methyl sites for hydroxylation is 1. The maximum Gasteiger partial charge on any atom is 0.422 e. The van der Waals surface area contributed by atoms with Crippen LogP contribution in [-0.2, 0) is 6.54 Å². The van der Waals surface area contributed by atoms with Crippen molar-refractivity contribution in [1.82, 2.24) is 5.32 Å². The van der Waals surface area contributed by atoms with E-state index in [-0.39, 0.29) is 23.6 Å². The highest BCUT2D eigenvalue weighted by Gasteiger charge is 2.28. The molecule has 2 N–H and O–H groups in total. The molecule has 0 unspecified atom stereocenters. The van der Waals surface area contributed by atoms with E-state index in [2.05, 4.69) is 10.1 Å². The van der Waals surface area contributed by atoms with Crippen molar-refractivity contribution in [2.75, 3.05) is 6.61 Å². The van der Waals surface area contributed by atoms with Gasteiger partial charge in [-0.25, -0.2) is 0 Å². The number of ether oxygens (including phenoxy) is 1. The van der Waals surface area contributed by atoms with Gasteiger partial charge in [0.2, 0.25) is 0 Å². The van der Waals surface area contributed by atoms with Gasteiger partial charge in [0.25, 0.3) is 5.91 Å². The van der Waals surface area contributed by atoms with Gasteiger partial charge < -0.3 is 15.2 Å². The van der Waals surface area contributed by atoms with Gasteiger partial charge in [0.1, 0.15) is 11.5 Å². The summed E-state index contributed by atoms with van der Waals surface area (Å²) in [5.74, 6) is -0.452. The summed E-state index contributed by atoms with van der Waals surface area (Å²) in [4.78, 5) is 12.0. The van der Waals surface area contributed by atoms with Crippen molar-refractivity contribution in [2.45, 2.75) is 19.6 Å². The van der Waals surface area contributed by atoms with E-state index in [1.807, 2.05) is 0 Å². The summed E-state index contributed by atoms with van der Waals surface area (Å²) in [6.07, 6.45) is -4.39. The zero-order valence-electron chi connectivity index (χ0n) is 12.9. The van der Waals surface area contributed by atoms with Crippen LogP contribution < -0.4 is 10.1 Å². The molecule has 2 aromatic carbocycles. The Morgan fingerprint density at radius 1 is 1.17 bits per heavy atom. The Morgan fingerprint density at radius 2 is 1.83 bits per heavy atom. The molecule has 2 rings (SSSR count). The molecular weight excluding hydrogens is 323 g/mol. The molecule has 0 spiro atoms. The quantitative estimate of drug-likeness (QED) is 0.875. The summed E-state index contributed by atoms with van der Waals surface area (Å²) < 4.78 is 40.8. The summed E-state index contributed by atoms with van der Waals surface area (Å²) >= 11 is 0. The third kappa shape index (κ3) is 5.19. The molecule has 2 aromatic rings. The van der Waals surface area contributed by atoms with Gasteiger partial charge >= 0.3 is 6.18 Å². The minimum atomic E-state index is -4.39. The third-order valence-electron chi connectivity index (χ3n) is 3.18. The molecule has 0 saturated carbocycles. The number of halogens is 3. The number of nitrogens with one attached hydrogen (secondary N) is 1. The molecular formula is C17H16F3NO3. The minimum Gasteiger partial charge on any atom is -0.507 e. The number of hydrogen-bond acceptors (Lipinski definition) is 3. The van der Waals surface area contributed by atoms with Gasteiger partial charge in [0.05, 0.1) is 5.56 Å². The minimum absolute atomic E-state index is 0.0959. The highest BCUT2D eigenvalue weighted by atomic mass is 19.4. The first-order valence-electron chi connectivity index (χ1n) is 7.11. The monoisotopic (exact) mass is 339 g/mol. The van der Waals surface area contributed by atoms with Crippen LogP contribution in [0.15, 0.2) is 42.5 Å². The van der Waals surface area contributed by atoms with Gasteiger partial charge in [0.15, 0.2) is 6.61 Å². The molecule has 4 nitrogen and oxygen atoms in total. The second-order valence-corrected chi connectivity index (χ2v) is 5.25. The average molecular weight is 339 g/mol. The van der Waals surface area contributed by atoms with Gasteiger partial charge in [0, 0.05) is 6.54 Å². The Kier molecular flexibility index (Phi) is 5.33. The van der Waals surface area contributed by atoms with Crippen LogP contribution in [-0.4, -0.2) is 23.8 Å². The van der Waals surface area contributed by atoms with Crippen molar-refractivity contribution in [2.24, 2.45) is 0 Å². The van der Waals surface area contributed by atoms with Crippen LogP contribution >= 0.6 is 0 Å². The van der Waals surface area contributed by atoms with Gasteiger partial charge in [-0.2, -0.15) is 13.2 Å². The normalized spacial score (nSPS) is 11.2. The van der Waals surface area contributed by atoms with Gasteiger partial charge in [-0.05, 0) is 42.3 Å². The van der Waals surface area contributed by atoms with Gasteiger partial charge in [-0.15, -0.1) is 0 Å². The summed E-state index contributed by atoms with van der Waals surface area (Å²) in [6.45, 7) is 0.616. The van der Waals surface area contributed by atoms with Crippen LogP contribution in [0.3, 0.4) is 0 Å². The summed E-state index contributed by atoms with van der Waals surface area (Å²) in [7, 11) is 0. The molecule has 0 aliphatic heterocycles. The Balaban J connectivity index is 1.91. The fourth-order valence-corrected chi connectivity index (χ4v) is 1.98. The maximum atomic E-state index is 12.1. The number of carbonyl (C=O) groups is 1. The molecule has 7 heteroatoms. The number of alkyl halides is 3. The van der Waals surface area contributed by atoms with Crippen LogP contribution in [0.5, 0.6) is 11.5 Å². The molecule has 0 aromatic heterocycles. The standard InChI is InChI=1S/C17H16F3NO3/c1-11-2-7-14(15(22)8-11)16(23)21-9-12-3-5-13(6-4-12)24-10-17(18,19)20/h2-8,22H,9-10H2,1H3,(H,21,23). The molecule has 24 heavy (non-hydrogen) atoms. The Morgan fingerprint density at radius 3 is 2.42 bits per heavy atom. The highest BCUT2D eigenvalue weighted by molar-refractivity contribution is 5.96. The first kappa shape index (κ1) is 17.7. The van der Waals surface area contributed by atoms with Crippen molar-refractivity contribution in [3.63, 3.8) is 0 Å². The highest BCUT2D eigenvalue weighted by Crippen LogP contribution is 2.20. The molecule has 0 aliphatic carbocycles. The lowest BCUT2D eigenvalue weighted by Crippen LogP contribution is -2.23. The summed E-state index contributed by atoms with van der Waals surface area (Å²) in [5.41, 5.74) is 1.68. The number of amides is 1. The Hall–Kier alpha value is -2.70. The van der Waals surface area contributed by atoms with E-state index in [0.717, 1.165) is 5.56 Å². The van der Waals surface area contributed by atoms with E-state index in [0.29, 0.717) is 5.56 Å². The van der Waals surface area contributed by atoms with Crippen LogP contribution in [0.25, 0.3) is 0 Å². The smallest absolute Gasteiger partial charge is 0.422 e. The van der Waals surface area contributed by atoms with Crippen molar-refractivity contribution < 1.29 is 27.8 Å². The predicted octanol–water partition coefficient (Wildman–Crippen LogP) is 3.57. The van der Waals surface area contributed by atoms with Crippen molar-refractivity contribution in [3.8, 4) is 11.5 Å². The number of aromatic hydroxyl groups is 1. The first-order valence-corrected chi connectivity index (χ1v) is 7.11. The van der Waals surface area contributed by atoms with Crippen LogP contribution in [0.2, 0.25) is 0 Å². The van der Waals surface area contributed by atoms with E-state index >= 15 is 0 Å². The molecule has 0 radical (unpaired) electrons. The third-order valence-corrected chi connectivity index (χ3v) is 3.18. The molecule has 0 fully saturated rings.